The highest BCUT2D eigenvalue weighted by molar-refractivity contribution is 6.31. The number of halogens is 1. The number of hydrogen-bond acceptors (Lipinski definition) is 3. The van der Waals surface area contributed by atoms with Gasteiger partial charge in [0.25, 0.3) is 5.56 Å². The number of aryl methyl sites for hydroxylation is 2. The van der Waals surface area contributed by atoms with Gasteiger partial charge < -0.3 is 5.32 Å². The zero-order valence-corrected chi connectivity index (χ0v) is 17.7. The van der Waals surface area contributed by atoms with Gasteiger partial charge in [-0.15, -0.1) is 0 Å². The van der Waals surface area contributed by atoms with Gasteiger partial charge in [0, 0.05) is 11.1 Å². The second-order valence-corrected chi connectivity index (χ2v) is 7.75. The van der Waals surface area contributed by atoms with Crippen molar-refractivity contribution in [3.05, 3.63) is 73.4 Å². The van der Waals surface area contributed by atoms with Crippen LogP contribution in [0.2, 0.25) is 5.02 Å². The van der Waals surface area contributed by atoms with Crippen LogP contribution in [0.4, 0.5) is 0 Å². The lowest BCUT2D eigenvalue weighted by Crippen LogP contribution is -2.43. The summed E-state index contributed by atoms with van der Waals surface area (Å²) < 4.78 is 2.41. The summed E-state index contributed by atoms with van der Waals surface area (Å²) in [7, 11) is 0. The number of carbonyl (C=O) groups excluding carboxylic acids is 1. The minimum atomic E-state index is -0.578. The summed E-state index contributed by atoms with van der Waals surface area (Å²) >= 11 is 6.22. The third-order valence-electron chi connectivity index (χ3n) is 5.03. The maximum atomic E-state index is 13.3. The normalized spacial score (nSPS) is 12.2. The highest BCUT2D eigenvalue weighted by Gasteiger charge is 2.18. The molecule has 3 aromatic rings. The van der Waals surface area contributed by atoms with Crippen LogP contribution >= 0.6 is 11.6 Å². The van der Waals surface area contributed by atoms with Gasteiger partial charge >= 0.3 is 5.69 Å². The predicted octanol–water partition coefficient (Wildman–Crippen LogP) is 3.34. The molecular weight excluding hydrogens is 390 g/mol. The number of amides is 1. The fourth-order valence-electron chi connectivity index (χ4n) is 3.16. The van der Waals surface area contributed by atoms with Crippen LogP contribution in [0.25, 0.3) is 16.6 Å². The van der Waals surface area contributed by atoms with Gasteiger partial charge in [0.15, 0.2) is 0 Å². The number of nitrogens with one attached hydrogen (secondary N) is 1. The fraction of sp³-hybridized carbons (Fsp3) is 0.318. The lowest BCUT2D eigenvalue weighted by molar-refractivity contribution is -0.122. The average Bonchev–Trinajstić information content (AvgIpc) is 2.68. The largest absolute Gasteiger partial charge is 0.352 e. The van der Waals surface area contributed by atoms with Crippen molar-refractivity contribution in [2.75, 3.05) is 0 Å². The van der Waals surface area contributed by atoms with E-state index in [1.807, 2.05) is 33.8 Å². The monoisotopic (exact) mass is 413 g/mol. The molecule has 0 saturated carbocycles. The second-order valence-electron chi connectivity index (χ2n) is 7.34. The molecule has 0 aliphatic heterocycles. The van der Waals surface area contributed by atoms with E-state index in [-0.39, 0.29) is 18.5 Å². The molecule has 1 N–H and O–H groups in total. The minimum absolute atomic E-state index is 0.00600. The lowest BCUT2D eigenvalue weighted by atomic mass is 10.1. The SMILES string of the molecule is CC[C@H](C)NC(=O)Cn1c(=O)n(-c2ccc(C)c(Cl)c2)c(=O)c2cc(C)ccc21. The van der Waals surface area contributed by atoms with Crippen LogP contribution in [-0.4, -0.2) is 21.1 Å². The predicted molar refractivity (Wildman–Crippen MR) is 116 cm³/mol. The van der Waals surface area contributed by atoms with E-state index >= 15 is 0 Å². The summed E-state index contributed by atoms with van der Waals surface area (Å²) in [4.78, 5) is 38.9. The van der Waals surface area contributed by atoms with Crippen LogP contribution in [0.15, 0.2) is 46.0 Å². The summed E-state index contributed by atoms with van der Waals surface area (Å²) in [5, 5.41) is 3.70. The van der Waals surface area contributed by atoms with E-state index < -0.39 is 11.2 Å². The number of benzene rings is 2. The van der Waals surface area contributed by atoms with Gasteiger partial charge in [-0.05, 0) is 57.0 Å². The number of rotatable bonds is 5. The first-order valence-corrected chi connectivity index (χ1v) is 9.92. The standard InChI is InChI=1S/C22H24ClN3O3/c1-5-15(4)24-20(27)12-25-19-9-6-13(2)10-17(19)21(28)26(22(25)29)16-8-7-14(3)18(23)11-16/h6-11,15H,5,12H2,1-4H3,(H,24,27)/t15-/m0/s1. The summed E-state index contributed by atoms with van der Waals surface area (Å²) in [5.41, 5.74) is 1.51. The number of nitrogens with zero attached hydrogens (tertiary/aromatic N) is 2. The molecule has 0 saturated heterocycles. The average molecular weight is 414 g/mol. The zero-order valence-electron chi connectivity index (χ0n) is 17.0. The number of carbonyl (C=O) groups is 1. The molecule has 0 fully saturated rings. The van der Waals surface area contributed by atoms with Crippen molar-refractivity contribution < 1.29 is 4.79 Å². The molecule has 0 unspecified atom stereocenters. The van der Waals surface area contributed by atoms with E-state index in [2.05, 4.69) is 5.32 Å². The molecule has 7 heteroatoms. The maximum absolute atomic E-state index is 13.3. The molecule has 0 aliphatic carbocycles. The van der Waals surface area contributed by atoms with Crippen molar-refractivity contribution in [2.45, 2.75) is 46.7 Å². The van der Waals surface area contributed by atoms with Crippen LogP contribution < -0.4 is 16.6 Å². The van der Waals surface area contributed by atoms with Crippen molar-refractivity contribution in [2.24, 2.45) is 0 Å². The molecule has 152 valence electrons. The van der Waals surface area contributed by atoms with Gasteiger partial charge in [0.2, 0.25) is 5.91 Å². The molecule has 6 nitrogen and oxygen atoms in total. The van der Waals surface area contributed by atoms with Crippen LogP contribution in [0.3, 0.4) is 0 Å². The number of hydrogen-bond donors (Lipinski definition) is 1. The number of fused-ring (bicyclic) bond motifs is 1. The van der Waals surface area contributed by atoms with Crippen molar-refractivity contribution in [1.82, 2.24) is 14.5 Å². The smallest absolute Gasteiger partial charge is 0.336 e. The molecule has 1 heterocycles. The second kappa shape index (κ2) is 8.25. The molecule has 0 radical (unpaired) electrons. The Morgan fingerprint density at radius 1 is 1.14 bits per heavy atom. The van der Waals surface area contributed by atoms with Gasteiger partial charge in [-0.3, -0.25) is 14.2 Å². The van der Waals surface area contributed by atoms with Crippen LogP contribution in [0.5, 0.6) is 0 Å². The van der Waals surface area contributed by atoms with Crippen molar-refractivity contribution in [1.29, 1.82) is 0 Å². The number of aromatic nitrogens is 2. The third-order valence-corrected chi connectivity index (χ3v) is 5.44. The topological polar surface area (TPSA) is 73.1 Å². The molecule has 0 bridgehead atoms. The highest BCUT2D eigenvalue weighted by Crippen LogP contribution is 2.19. The quantitative estimate of drug-likeness (QED) is 0.697. The molecule has 0 aliphatic rings. The Bertz CT molecular complexity index is 1210. The minimum Gasteiger partial charge on any atom is -0.352 e. The van der Waals surface area contributed by atoms with E-state index in [4.69, 9.17) is 11.6 Å². The lowest BCUT2D eigenvalue weighted by Gasteiger charge is -2.16. The molecule has 29 heavy (non-hydrogen) atoms. The van der Waals surface area contributed by atoms with E-state index in [0.29, 0.717) is 21.6 Å². The Morgan fingerprint density at radius 3 is 2.52 bits per heavy atom. The first-order chi connectivity index (χ1) is 13.7. The molecule has 1 amide bonds. The van der Waals surface area contributed by atoms with E-state index in [1.165, 1.54) is 4.57 Å². The van der Waals surface area contributed by atoms with Gasteiger partial charge in [-0.2, -0.15) is 0 Å². The zero-order chi connectivity index (χ0) is 21.3. The first-order valence-electron chi connectivity index (χ1n) is 9.55. The molecule has 1 aromatic heterocycles. The Morgan fingerprint density at radius 2 is 1.86 bits per heavy atom. The van der Waals surface area contributed by atoms with Crippen LogP contribution in [0.1, 0.15) is 31.4 Å². The molecule has 0 spiro atoms. The molecule has 1 atom stereocenters. The fourth-order valence-corrected chi connectivity index (χ4v) is 3.33. The summed E-state index contributed by atoms with van der Waals surface area (Å²) in [6.07, 6.45) is 0.780. The molecule has 2 aromatic carbocycles. The van der Waals surface area contributed by atoms with E-state index in [9.17, 15) is 14.4 Å². The summed E-state index contributed by atoms with van der Waals surface area (Å²) in [5.74, 6) is -0.282. The van der Waals surface area contributed by atoms with Crippen molar-refractivity contribution >= 4 is 28.4 Å². The molecule has 3 rings (SSSR count). The van der Waals surface area contributed by atoms with Gasteiger partial charge in [-0.25, -0.2) is 9.36 Å². The van der Waals surface area contributed by atoms with Crippen molar-refractivity contribution in [3.8, 4) is 5.69 Å². The maximum Gasteiger partial charge on any atom is 0.336 e. The molecular formula is C22H24ClN3O3. The summed E-state index contributed by atoms with van der Waals surface area (Å²) in [6, 6.07) is 10.3. The van der Waals surface area contributed by atoms with E-state index in [0.717, 1.165) is 22.1 Å². The Hall–Kier alpha value is -2.86. The Labute approximate surface area is 173 Å². The van der Waals surface area contributed by atoms with Crippen molar-refractivity contribution in [3.63, 3.8) is 0 Å². The third kappa shape index (κ3) is 4.12. The van der Waals surface area contributed by atoms with Gasteiger partial charge in [0.05, 0.1) is 16.6 Å². The summed E-state index contributed by atoms with van der Waals surface area (Å²) in [6.45, 7) is 7.41. The first kappa shape index (κ1) is 20.9. The Kier molecular flexibility index (Phi) is 5.94. The van der Waals surface area contributed by atoms with Crippen LogP contribution in [0, 0.1) is 13.8 Å². The van der Waals surface area contributed by atoms with Gasteiger partial charge in [0.1, 0.15) is 6.54 Å². The van der Waals surface area contributed by atoms with E-state index in [1.54, 1.807) is 30.3 Å². The van der Waals surface area contributed by atoms with Gasteiger partial charge in [-0.1, -0.05) is 36.2 Å². The van der Waals surface area contributed by atoms with Crippen LogP contribution in [-0.2, 0) is 11.3 Å². The Balaban J connectivity index is 2.27. The highest BCUT2D eigenvalue weighted by atomic mass is 35.5.